The van der Waals surface area contributed by atoms with E-state index in [1.807, 2.05) is 0 Å². The molecule has 0 aliphatic carbocycles. The molecule has 0 aromatic heterocycles. The zero-order chi connectivity index (χ0) is 17.7. The van der Waals surface area contributed by atoms with Crippen molar-refractivity contribution in [2.75, 3.05) is 21.3 Å². The average molecular weight is 335 g/mol. The van der Waals surface area contributed by atoms with E-state index in [0.29, 0.717) is 27.9 Å². The van der Waals surface area contributed by atoms with Gasteiger partial charge in [-0.25, -0.2) is 4.79 Å². The summed E-state index contributed by atoms with van der Waals surface area (Å²) in [4.78, 5) is 39.3. The molecule has 24 heavy (non-hydrogen) atoms. The van der Waals surface area contributed by atoms with Gasteiger partial charge in [-0.3, -0.25) is 9.59 Å². The highest BCUT2D eigenvalue weighted by Crippen LogP contribution is 2.38. The molecule has 8 nitrogen and oxygen atoms in total. The Hall–Kier alpha value is -3.03. The average Bonchev–Trinajstić information content (AvgIpc) is 2.90. The smallest absolute Gasteiger partial charge is 0.356 e. The third-order valence-corrected chi connectivity index (χ3v) is 3.29. The van der Waals surface area contributed by atoms with Gasteiger partial charge in [-0.1, -0.05) is 0 Å². The molecule has 1 saturated heterocycles. The molecule has 0 bridgehead atoms. The Bertz CT molecular complexity index is 655. The number of hydrogen-bond acceptors (Lipinski definition) is 7. The lowest BCUT2D eigenvalue weighted by atomic mass is 10.1. The summed E-state index contributed by atoms with van der Waals surface area (Å²) in [5.41, 5.74) is 0.584. The molecule has 2 amide bonds. The minimum atomic E-state index is -0.840. The van der Waals surface area contributed by atoms with Crippen LogP contribution in [0, 0.1) is 0 Å². The Morgan fingerprint density at radius 1 is 1.00 bits per heavy atom. The van der Waals surface area contributed by atoms with E-state index < -0.39 is 17.8 Å². The van der Waals surface area contributed by atoms with Gasteiger partial charge in [0, 0.05) is 18.9 Å². The summed E-state index contributed by atoms with van der Waals surface area (Å²) in [5, 5.41) is 0.488. The monoisotopic (exact) mass is 335 g/mol. The van der Waals surface area contributed by atoms with Crippen LogP contribution in [0.3, 0.4) is 0 Å². The van der Waals surface area contributed by atoms with Crippen LogP contribution in [0.5, 0.6) is 17.2 Å². The summed E-state index contributed by atoms with van der Waals surface area (Å²) in [7, 11) is 4.44. The summed E-state index contributed by atoms with van der Waals surface area (Å²) >= 11 is 0. The van der Waals surface area contributed by atoms with Crippen molar-refractivity contribution in [2.45, 2.75) is 12.8 Å². The van der Waals surface area contributed by atoms with Crippen molar-refractivity contribution in [1.29, 1.82) is 0 Å². The van der Waals surface area contributed by atoms with E-state index in [9.17, 15) is 14.4 Å². The second kappa shape index (κ2) is 7.49. The van der Waals surface area contributed by atoms with Gasteiger partial charge in [0.15, 0.2) is 11.5 Å². The van der Waals surface area contributed by atoms with Crippen molar-refractivity contribution >= 4 is 23.9 Å². The minimum absolute atomic E-state index is 0.0444. The zero-order valence-electron chi connectivity index (χ0n) is 13.5. The molecule has 0 N–H and O–H groups in total. The van der Waals surface area contributed by atoms with Crippen molar-refractivity contribution in [3.63, 3.8) is 0 Å². The fraction of sp³-hybridized carbons (Fsp3) is 0.312. The fourth-order valence-corrected chi connectivity index (χ4v) is 2.14. The molecular weight excluding hydrogens is 318 g/mol. The fourth-order valence-electron chi connectivity index (χ4n) is 2.14. The molecule has 1 aromatic rings. The molecule has 1 aliphatic heterocycles. The third kappa shape index (κ3) is 3.65. The molecule has 1 fully saturated rings. The molecule has 128 valence electrons. The van der Waals surface area contributed by atoms with Gasteiger partial charge in [0.2, 0.25) is 5.75 Å². The van der Waals surface area contributed by atoms with E-state index in [-0.39, 0.29) is 12.8 Å². The standard InChI is InChI=1S/C16H17NO7/c1-21-11-8-10(9-12(22-2)16(11)23-3)4-7-15(20)24-17-13(18)5-6-14(17)19/h4,7-9H,5-6H2,1-3H3/b7-4+. The van der Waals surface area contributed by atoms with Crippen molar-refractivity contribution < 1.29 is 33.4 Å². The molecule has 1 heterocycles. The number of rotatable bonds is 6. The molecule has 2 rings (SSSR count). The maximum atomic E-state index is 11.8. The second-order valence-corrected chi connectivity index (χ2v) is 4.78. The van der Waals surface area contributed by atoms with Gasteiger partial charge in [0.25, 0.3) is 11.8 Å². The Balaban J connectivity index is 2.15. The number of carbonyl (C=O) groups is 3. The maximum absolute atomic E-state index is 11.8. The van der Waals surface area contributed by atoms with E-state index in [4.69, 9.17) is 19.0 Å². The van der Waals surface area contributed by atoms with Crippen LogP contribution in [0.25, 0.3) is 6.08 Å². The first kappa shape index (κ1) is 17.3. The van der Waals surface area contributed by atoms with E-state index in [1.165, 1.54) is 27.4 Å². The molecule has 0 unspecified atom stereocenters. The van der Waals surface area contributed by atoms with Crippen LogP contribution in [0.2, 0.25) is 0 Å². The first-order valence-electron chi connectivity index (χ1n) is 7.06. The number of methoxy groups -OCH3 is 3. The molecule has 0 spiro atoms. The van der Waals surface area contributed by atoms with Crippen LogP contribution in [0.1, 0.15) is 18.4 Å². The van der Waals surface area contributed by atoms with Crippen molar-refractivity contribution in [3.8, 4) is 17.2 Å². The lowest BCUT2D eigenvalue weighted by Gasteiger charge is -2.13. The number of carbonyl (C=O) groups excluding carboxylic acids is 3. The van der Waals surface area contributed by atoms with Crippen LogP contribution in [-0.2, 0) is 19.2 Å². The number of ether oxygens (including phenoxy) is 3. The van der Waals surface area contributed by atoms with E-state index in [1.54, 1.807) is 12.1 Å². The van der Waals surface area contributed by atoms with Crippen molar-refractivity contribution in [2.24, 2.45) is 0 Å². The topological polar surface area (TPSA) is 91.4 Å². The van der Waals surface area contributed by atoms with E-state index in [2.05, 4.69) is 0 Å². The quantitative estimate of drug-likeness (QED) is 0.572. The summed E-state index contributed by atoms with van der Waals surface area (Å²) in [6.45, 7) is 0. The largest absolute Gasteiger partial charge is 0.493 e. The molecular formula is C16H17NO7. The zero-order valence-corrected chi connectivity index (χ0v) is 13.5. The SMILES string of the molecule is COc1cc(/C=C/C(=O)ON2C(=O)CCC2=O)cc(OC)c1OC. The normalized spacial score (nSPS) is 14.2. The van der Waals surface area contributed by atoms with Gasteiger partial charge >= 0.3 is 5.97 Å². The summed E-state index contributed by atoms with van der Waals surface area (Å²) in [5.74, 6) is -0.631. The van der Waals surface area contributed by atoms with E-state index in [0.717, 1.165) is 6.08 Å². The highest BCUT2D eigenvalue weighted by atomic mass is 16.7. The predicted octanol–water partition coefficient (Wildman–Crippen LogP) is 1.33. The number of benzene rings is 1. The van der Waals surface area contributed by atoms with Gasteiger partial charge in [0.1, 0.15) is 0 Å². The first-order valence-corrected chi connectivity index (χ1v) is 7.06. The lowest BCUT2D eigenvalue weighted by molar-refractivity contribution is -0.193. The Labute approximate surface area is 138 Å². The Morgan fingerprint density at radius 3 is 2.00 bits per heavy atom. The Morgan fingerprint density at radius 2 is 1.54 bits per heavy atom. The molecule has 1 aromatic carbocycles. The number of nitrogens with zero attached hydrogens (tertiary/aromatic N) is 1. The molecule has 0 saturated carbocycles. The van der Waals surface area contributed by atoms with Crippen molar-refractivity contribution in [1.82, 2.24) is 5.06 Å². The number of imide groups is 1. The van der Waals surface area contributed by atoms with Crippen molar-refractivity contribution in [3.05, 3.63) is 23.8 Å². The highest BCUT2D eigenvalue weighted by molar-refractivity contribution is 6.02. The molecule has 8 heteroatoms. The summed E-state index contributed by atoms with van der Waals surface area (Å²) in [6.07, 6.45) is 2.63. The maximum Gasteiger partial charge on any atom is 0.356 e. The van der Waals surface area contributed by atoms with E-state index >= 15 is 0 Å². The van der Waals surface area contributed by atoms with Gasteiger partial charge < -0.3 is 19.0 Å². The van der Waals surface area contributed by atoms with Gasteiger partial charge in [-0.15, -0.1) is 5.06 Å². The third-order valence-electron chi connectivity index (χ3n) is 3.29. The van der Waals surface area contributed by atoms with Crippen LogP contribution >= 0.6 is 0 Å². The van der Waals surface area contributed by atoms with Gasteiger partial charge in [0.05, 0.1) is 21.3 Å². The predicted molar refractivity (Wildman–Crippen MR) is 82.3 cm³/mol. The minimum Gasteiger partial charge on any atom is -0.493 e. The lowest BCUT2D eigenvalue weighted by Crippen LogP contribution is -2.31. The highest BCUT2D eigenvalue weighted by Gasteiger charge is 2.32. The summed E-state index contributed by atoms with van der Waals surface area (Å²) < 4.78 is 15.6. The number of hydrogen-bond donors (Lipinski definition) is 0. The molecule has 0 atom stereocenters. The van der Waals surface area contributed by atoms with Crippen LogP contribution < -0.4 is 14.2 Å². The molecule has 0 radical (unpaired) electrons. The second-order valence-electron chi connectivity index (χ2n) is 4.78. The van der Waals surface area contributed by atoms with Crippen LogP contribution in [0.15, 0.2) is 18.2 Å². The van der Waals surface area contributed by atoms with Crippen LogP contribution in [-0.4, -0.2) is 44.2 Å². The summed E-state index contributed by atoms with van der Waals surface area (Å²) in [6, 6.07) is 3.27. The van der Waals surface area contributed by atoms with Crippen LogP contribution in [0.4, 0.5) is 0 Å². The number of hydroxylamine groups is 2. The Kier molecular flexibility index (Phi) is 5.41. The number of amides is 2. The van der Waals surface area contributed by atoms with Gasteiger partial charge in [-0.05, 0) is 23.8 Å². The first-order chi connectivity index (χ1) is 11.5. The molecule has 1 aliphatic rings. The van der Waals surface area contributed by atoms with Gasteiger partial charge in [-0.2, -0.15) is 0 Å².